The molecule has 2 aromatic carbocycles. The van der Waals surface area contributed by atoms with Crippen molar-refractivity contribution < 1.29 is 28.9 Å². The number of carbonyl (C=O) groups excluding carboxylic acids is 2. The molecule has 7 heteroatoms. The van der Waals surface area contributed by atoms with E-state index in [1.54, 1.807) is 43.5 Å². The van der Waals surface area contributed by atoms with E-state index in [-0.39, 0.29) is 24.5 Å². The zero-order valence-electron chi connectivity index (χ0n) is 18.0. The van der Waals surface area contributed by atoms with Crippen LogP contribution in [0.25, 0.3) is 5.76 Å². The van der Waals surface area contributed by atoms with Crippen molar-refractivity contribution in [1.82, 2.24) is 4.90 Å². The highest BCUT2D eigenvalue weighted by Gasteiger charge is 2.45. The van der Waals surface area contributed by atoms with E-state index in [2.05, 4.69) is 0 Å². The number of hydrogen-bond donors (Lipinski definition) is 1. The van der Waals surface area contributed by atoms with Crippen LogP contribution in [0.2, 0.25) is 0 Å². The number of rotatable bonds is 9. The highest BCUT2D eigenvalue weighted by molar-refractivity contribution is 6.46. The Morgan fingerprint density at radius 2 is 1.61 bits per heavy atom. The van der Waals surface area contributed by atoms with Crippen molar-refractivity contribution in [2.45, 2.75) is 19.4 Å². The molecule has 3 rings (SSSR count). The molecule has 1 aliphatic rings. The lowest BCUT2D eigenvalue weighted by atomic mass is 9.95. The molecular weight excluding hydrogens is 398 g/mol. The second-order valence-electron chi connectivity index (χ2n) is 7.13. The standard InChI is InChI=1S/C24H27NO6/c1-4-14-31-19-11-5-16(6-12-19)21-20(23(27)24(28)25(21)13-15-29-2)22(26)17-7-9-18(30-3)10-8-17/h5-12,21,26H,4,13-15H2,1-3H3/b22-20-. The van der Waals surface area contributed by atoms with Gasteiger partial charge in [0.25, 0.3) is 11.7 Å². The van der Waals surface area contributed by atoms with Gasteiger partial charge >= 0.3 is 0 Å². The van der Waals surface area contributed by atoms with Crippen LogP contribution in [0.1, 0.15) is 30.5 Å². The van der Waals surface area contributed by atoms with Gasteiger partial charge in [-0.3, -0.25) is 9.59 Å². The number of Topliss-reactive ketones (excluding diaryl/α,β-unsaturated/α-hetero) is 1. The van der Waals surface area contributed by atoms with Crippen LogP contribution in [0.15, 0.2) is 54.1 Å². The number of methoxy groups -OCH3 is 2. The third-order valence-electron chi connectivity index (χ3n) is 5.11. The Balaban J connectivity index is 2.05. The van der Waals surface area contributed by atoms with Gasteiger partial charge in [-0.25, -0.2) is 0 Å². The molecule has 1 heterocycles. The molecular formula is C24H27NO6. The molecule has 2 aromatic rings. The molecule has 1 amide bonds. The van der Waals surface area contributed by atoms with Crippen LogP contribution in [0.3, 0.4) is 0 Å². The number of aliphatic hydroxyl groups excluding tert-OH is 1. The van der Waals surface area contributed by atoms with Gasteiger partial charge in [0.15, 0.2) is 0 Å². The number of aliphatic hydroxyl groups is 1. The summed E-state index contributed by atoms with van der Waals surface area (Å²) in [5, 5.41) is 11.0. The zero-order valence-corrected chi connectivity index (χ0v) is 18.0. The lowest BCUT2D eigenvalue weighted by Crippen LogP contribution is -2.32. The maximum atomic E-state index is 12.9. The summed E-state index contributed by atoms with van der Waals surface area (Å²) in [6.45, 7) is 3.11. The topological polar surface area (TPSA) is 85.3 Å². The van der Waals surface area contributed by atoms with E-state index in [9.17, 15) is 14.7 Å². The molecule has 0 saturated carbocycles. The Morgan fingerprint density at radius 3 is 2.19 bits per heavy atom. The molecule has 0 bridgehead atoms. The average Bonchev–Trinajstić information content (AvgIpc) is 3.06. The first-order valence-electron chi connectivity index (χ1n) is 10.2. The van der Waals surface area contributed by atoms with E-state index in [0.29, 0.717) is 29.2 Å². The number of ketones is 1. The maximum absolute atomic E-state index is 12.9. The summed E-state index contributed by atoms with van der Waals surface area (Å²) in [6, 6.07) is 13.2. The van der Waals surface area contributed by atoms with Gasteiger partial charge in [-0.05, 0) is 48.4 Å². The normalized spacial score (nSPS) is 17.8. The van der Waals surface area contributed by atoms with Crippen molar-refractivity contribution in [2.75, 3.05) is 34.0 Å². The van der Waals surface area contributed by atoms with Gasteiger partial charge in [0.05, 0.1) is 31.9 Å². The molecule has 1 atom stereocenters. The van der Waals surface area contributed by atoms with Crippen LogP contribution < -0.4 is 9.47 Å². The maximum Gasteiger partial charge on any atom is 0.295 e. The van der Waals surface area contributed by atoms with Crippen molar-refractivity contribution in [2.24, 2.45) is 0 Å². The minimum absolute atomic E-state index is 0.0495. The highest BCUT2D eigenvalue weighted by atomic mass is 16.5. The number of nitrogens with zero attached hydrogens (tertiary/aromatic N) is 1. The summed E-state index contributed by atoms with van der Waals surface area (Å²) in [6.07, 6.45) is 0.890. The van der Waals surface area contributed by atoms with E-state index in [0.717, 1.165) is 6.42 Å². The molecule has 164 valence electrons. The average molecular weight is 425 g/mol. The third kappa shape index (κ3) is 4.72. The van der Waals surface area contributed by atoms with Crippen molar-refractivity contribution in [3.8, 4) is 11.5 Å². The van der Waals surface area contributed by atoms with Crippen LogP contribution >= 0.6 is 0 Å². The molecule has 0 aromatic heterocycles. The number of amides is 1. The predicted octanol–water partition coefficient (Wildman–Crippen LogP) is 3.55. The van der Waals surface area contributed by atoms with E-state index >= 15 is 0 Å². The first-order chi connectivity index (χ1) is 15.0. The van der Waals surface area contributed by atoms with Crippen LogP contribution in [-0.2, 0) is 14.3 Å². The largest absolute Gasteiger partial charge is 0.507 e. The predicted molar refractivity (Wildman–Crippen MR) is 116 cm³/mol. The molecule has 1 N–H and O–H groups in total. The van der Waals surface area contributed by atoms with Crippen molar-refractivity contribution in [1.29, 1.82) is 0 Å². The molecule has 1 unspecified atom stereocenters. The Hall–Kier alpha value is -3.32. The molecule has 1 saturated heterocycles. The van der Waals surface area contributed by atoms with Gasteiger partial charge in [0, 0.05) is 19.2 Å². The van der Waals surface area contributed by atoms with Crippen LogP contribution in [0.5, 0.6) is 11.5 Å². The minimum Gasteiger partial charge on any atom is -0.507 e. The molecule has 0 spiro atoms. The fourth-order valence-corrected chi connectivity index (χ4v) is 3.52. The summed E-state index contributed by atoms with van der Waals surface area (Å²) >= 11 is 0. The number of carbonyl (C=O) groups is 2. The van der Waals surface area contributed by atoms with Gasteiger partial charge in [0.1, 0.15) is 17.3 Å². The second kappa shape index (κ2) is 10.1. The van der Waals surface area contributed by atoms with Gasteiger partial charge in [-0.2, -0.15) is 0 Å². The molecule has 7 nitrogen and oxygen atoms in total. The summed E-state index contributed by atoms with van der Waals surface area (Å²) in [4.78, 5) is 27.1. The number of likely N-dealkylation sites (tertiary alicyclic amines) is 1. The lowest BCUT2D eigenvalue weighted by Gasteiger charge is -2.25. The van der Waals surface area contributed by atoms with E-state index < -0.39 is 17.7 Å². The Bertz CT molecular complexity index is 949. The second-order valence-corrected chi connectivity index (χ2v) is 7.13. The van der Waals surface area contributed by atoms with E-state index in [4.69, 9.17) is 14.2 Å². The summed E-state index contributed by atoms with van der Waals surface area (Å²) in [7, 11) is 3.08. The first kappa shape index (κ1) is 22.4. The van der Waals surface area contributed by atoms with E-state index in [1.807, 2.05) is 19.1 Å². The fraction of sp³-hybridized carbons (Fsp3) is 0.333. The molecule has 1 fully saturated rings. The summed E-state index contributed by atoms with van der Waals surface area (Å²) in [5.74, 6) is -0.285. The van der Waals surface area contributed by atoms with Gasteiger partial charge in [0.2, 0.25) is 0 Å². The van der Waals surface area contributed by atoms with Gasteiger partial charge in [-0.1, -0.05) is 19.1 Å². The Morgan fingerprint density at radius 1 is 0.968 bits per heavy atom. The van der Waals surface area contributed by atoms with Crippen molar-refractivity contribution in [3.63, 3.8) is 0 Å². The molecule has 0 aliphatic carbocycles. The number of hydrogen-bond acceptors (Lipinski definition) is 6. The summed E-state index contributed by atoms with van der Waals surface area (Å²) < 4.78 is 15.9. The van der Waals surface area contributed by atoms with Crippen LogP contribution in [0, 0.1) is 0 Å². The zero-order chi connectivity index (χ0) is 22.4. The van der Waals surface area contributed by atoms with Crippen molar-refractivity contribution >= 4 is 17.4 Å². The fourth-order valence-electron chi connectivity index (χ4n) is 3.52. The first-order valence-corrected chi connectivity index (χ1v) is 10.2. The van der Waals surface area contributed by atoms with E-state index in [1.165, 1.54) is 12.0 Å². The lowest BCUT2D eigenvalue weighted by molar-refractivity contribution is -0.140. The SMILES string of the molecule is CCCOc1ccc(C2/C(=C(/O)c3ccc(OC)cc3)C(=O)C(=O)N2CCOC)cc1. The van der Waals surface area contributed by atoms with Crippen LogP contribution in [-0.4, -0.2) is 55.7 Å². The van der Waals surface area contributed by atoms with Crippen molar-refractivity contribution in [3.05, 3.63) is 65.2 Å². The third-order valence-corrected chi connectivity index (χ3v) is 5.11. The smallest absolute Gasteiger partial charge is 0.295 e. The minimum atomic E-state index is -0.725. The monoisotopic (exact) mass is 425 g/mol. The quantitative estimate of drug-likeness (QED) is 0.376. The molecule has 31 heavy (non-hydrogen) atoms. The molecule has 1 aliphatic heterocycles. The van der Waals surface area contributed by atoms with Gasteiger partial charge in [-0.15, -0.1) is 0 Å². The van der Waals surface area contributed by atoms with Gasteiger partial charge < -0.3 is 24.2 Å². The Kier molecular flexibility index (Phi) is 7.31. The molecule has 0 radical (unpaired) electrons. The van der Waals surface area contributed by atoms with Crippen LogP contribution in [0.4, 0.5) is 0 Å². The highest BCUT2D eigenvalue weighted by Crippen LogP contribution is 2.39. The number of benzene rings is 2. The summed E-state index contributed by atoms with van der Waals surface area (Å²) in [5.41, 5.74) is 1.18. The Labute approximate surface area is 181 Å². The number of ether oxygens (including phenoxy) is 3.